The van der Waals surface area contributed by atoms with Crippen LogP contribution in [-0.2, 0) is 14.4 Å². The molecule has 2 heterocycles. The van der Waals surface area contributed by atoms with Crippen molar-refractivity contribution in [1.82, 2.24) is 9.88 Å². The van der Waals surface area contributed by atoms with Crippen molar-refractivity contribution in [2.24, 2.45) is 11.8 Å². The second-order valence-corrected chi connectivity index (χ2v) is 5.63. The number of rotatable bonds is 3. The summed E-state index contributed by atoms with van der Waals surface area (Å²) in [7, 11) is 0. The second-order valence-electron chi connectivity index (χ2n) is 5.63. The molecular weight excluding hydrogens is 282 g/mol. The SMILES string of the molecule is Cc1cccc(NC(=O)CN2C(=O)[C@H]3CC=CC[C@H]3C2=O)n1. The molecule has 1 N–H and O–H groups in total. The molecule has 0 aromatic carbocycles. The van der Waals surface area contributed by atoms with Gasteiger partial charge in [0.25, 0.3) is 0 Å². The van der Waals surface area contributed by atoms with E-state index in [1.807, 2.05) is 25.1 Å². The Morgan fingerprint density at radius 2 is 1.86 bits per heavy atom. The maximum Gasteiger partial charge on any atom is 0.245 e. The van der Waals surface area contributed by atoms with Gasteiger partial charge in [-0.3, -0.25) is 19.3 Å². The number of nitrogens with zero attached hydrogens (tertiary/aromatic N) is 2. The quantitative estimate of drug-likeness (QED) is 0.673. The lowest BCUT2D eigenvalue weighted by Crippen LogP contribution is -2.38. The Morgan fingerprint density at radius 1 is 1.23 bits per heavy atom. The maximum atomic E-state index is 12.3. The predicted octanol–water partition coefficient (Wildman–Crippen LogP) is 1.28. The third-order valence-electron chi connectivity index (χ3n) is 4.06. The van der Waals surface area contributed by atoms with Crippen molar-refractivity contribution >= 4 is 23.5 Å². The molecule has 1 aromatic rings. The van der Waals surface area contributed by atoms with E-state index in [2.05, 4.69) is 10.3 Å². The van der Waals surface area contributed by atoms with E-state index in [4.69, 9.17) is 0 Å². The van der Waals surface area contributed by atoms with Gasteiger partial charge in [0.15, 0.2) is 0 Å². The van der Waals surface area contributed by atoms with E-state index in [9.17, 15) is 14.4 Å². The summed E-state index contributed by atoms with van der Waals surface area (Å²) >= 11 is 0. The molecule has 1 saturated heterocycles. The van der Waals surface area contributed by atoms with Gasteiger partial charge in [-0.1, -0.05) is 18.2 Å². The van der Waals surface area contributed by atoms with Crippen LogP contribution in [0.3, 0.4) is 0 Å². The van der Waals surface area contributed by atoms with Gasteiger partial charge >= 0.3 is 0 Å². The van der Waals surface area contributed by atoms with Crippen molar-refractivity contribution in [3.63, 3.8) is 0 Å². The minimum Gasteiger partial charge on any atom is -0.309 e. The lowest BCUT2D eigenvalue weighted by molar-refractivity contribution is -0.142. The molecule has 1 aromatic heterocycles. The van der Waals surface area contributed by atoms with Gasteiger partial charge in [0.05, 0.1) is 11.8 Å². The lowest BCUT2D eigenvalue weighted by Gasteiger charge is -2.14. The Morgan fingerprint density at radius 3 is 2.45 bits per heavy atom. The highest BCUT2D eigenvalue weighted by Crippen LogP contribution is 2.34. The minimum absolute atomic E-state index is 0.244. The molecule has 3 amide bonds. The van der Waals surface area contributed by atoms with E-state index in [1.165, 1.54) is 0 Å². The molecule has 6 nitrogen and oxygen atoms in total. The van der Waals surface area contributed by atoms with Crippen molar-refractivity contribution in [1.29, 1.82) is 0 Å². The maximum absolute atomic E-state index is 12.3. The van der Waals surface area contributed by atoms with Crippen LogP contribution in [-0.4, -0.2) is 34.2 Å². The number of amides is 3. The molecule has 1 fully saturated rings. The van der Waals surface area contributed by atoms with Crippen LogP contribution in [0.1, 0.15) is 18.5 Å². The number of aryl methyl sites for hydroxylation is 1. The molecule has 3 rings (SSSR count). The third kappa shape index (κ3) is 2.64. The van der Waals surface area contributed by atoms with Crippen molar-refractivity contribution in [2.75, 3.05) is 11.9 Å². The first-order chi connectivity index (χ1) is 10.6. The highest BCUT2D eigenvalue weighted by molar-refractivity contribution is 6.08. The van der Waals surface area contributed by atoms with Crippen molar-refractivity contribution in [3.05, 3.63) is 36.0 Å². The van der Waals surface area contributed by atoms with Gasteiger partial charge in [-0.25, -0.2) is 4.98 Å². The Balaban J connectivity index is 1.67. The monoisotopic (exact) mass is 299 g/mol. The molecular formula is C16H17N3O3. The van der Waals surface area contributed by atoms with E-state index in [0.29, 0.717) is 18.7 Å². The van der Waals surface area contributed by atoms with Crippen LogP contribution in [0.5, 0.6) is 0 Å². The molecule has 22 heavy (non-hydrogen) atoms. The van der Waals surface area contributed by atoms with E-state index in [1.54, 1.807) is 12.1 Å². The first-order valence-corrected chi connectivity index (χ1v) is 7.30. The van der Waals surface area contributed by atoms with Crippen molar-refractivity contribution in [2.45, 2.75) is 19.8 Å². The Kier molecular flexibility index (Phi) is 3.75. The summed E-state index contributed by atoms with van der Waals surface area (Å²) in [6, 6.07) is 5.27. The molecule has 6 heteroatoms. The standard InChI is InChI=1S/C16H17N3O3/c1-10-5-4-8-13(17-10)18-14(20)9-19-15(21)11-6-2-3-7-12(11)16(19)22/h2-5,8,11-12H,6-7,9H2,1H3,(H,17,18,20)/t11-,12+. The number of pyridine rings is 1. The first-order valence-electron chi connectivity index (χ1n) is 7.30. The molecule has 1 aliphatic heterocycles. The number of hydrogen-bond donors (Lipinski definition) is 1. The number of nitrogens with one attached hydrogen (secondary N) is 1. The Labute approximate surface area is 128 Å². The normalized spacial score (nSPS) is 23.6. The molecule has 1 aliphatic carbocycles. The van der Waals surface area contributed by atoms with Crippen LogP contribution in [0.4, 0.5) is 5.82 Å². The molecule has 0 bridgehead atoms. The van der Waals surface area contributed by atoms with Gasteiger partial charge < -0.3 is 5.32 Å². The largest absolute Gasteiger partial charge is 0.309 e. The molecule has 0 spiro atoms. The Bertz CT molecular complexity index is 642. The summed E-state index contributed by atoms with van der Waals surface area (Å²) in [4.78, 5) is 41.8. The second kappa shape index (κ2) is 5.71. The average molecular weight is 299 g/mol. The fraction of sp³-hybridized carbons (Fsp3) is 0.375. The van der Waals surface area contributed by atoms with E-state index in [-0.39, 0.29) is 30.2 Å². The zero-order valence-corrected chi connectivity index (χ0v) is 12.3. The van der Waals surface area contributed by atoms with E-state index < -0.39 is 5.91 Å². The van der Waals surface area contributed by atoms with Crippen LogP contribution >= 0.6 is 0 Å². The van der Waals surface area contributed by atoms with Gasteiger partial charge in [0.1, 0.15) is 12.4 Å². The summed E-state index contributed by atoms with van der Waals surface area (Å²) in [5, 5.41) is 2.62. The fourth-order valence-electron chi connectivity index (χ4n) is 2.96. The first kappa shape index (κ1) is 14.4. The molecule has 114 valence electrons. The van der Waals surface area contributed by atoms with Crippen LogP contribution in [0, 0.1) is 18.8 Å². The van der Waals surface area contributed by atoms with Crippen LogP contribution in [0.2, 0.25) is 0 Å². The molecule has 2 aliphatic rings. The minimum atomic E-state index is -0.411. The molecule has 0 radical (unpaired) electrons. The molecule has 0 unspecified atom stereocenters. The van der Waals surface area contributed by atoms with Crippen molar-refractivity contribution < 1.29 is 14.4 Å². The fourth-order valence-corrected chi connectivity index (χ4v) is 2.96. The number of anilines is 1. The van der Waals surface area contributed by atoms with Gasteiger partial charge in [-0.15, -0.1) is 0 Å². The Hall–Kier alpha value is -2.50. The molecule has 2 atom stereocenters. The van der Waals surface area contributed by atoms with Gasteiger partial charge in [-0.2, -0.15) is 0 Å². The van der Waals surface area contributed by atoms with Crippen LogP contribution in [0.25, 0.3) is 0 Å². The number of aromatic nitrogens is 1. The number of carbonyl (C=O) groups excluding carboxylic acids is 3. The molecule has 0 saturated carbocycles. The van der Waals surface area contributed by atoms with Crippen LogP contribution in [0.15, 0.2) is 30.4 Å². The van der Waals surface area contributed by atoms with E-state index in [0.717, 1.165) is 10.6 Å². The van der Waals surface area contributed by atoms with Gasteiger partial charge in [-0.05, 0) is 31.9 Å². The highest BCUT2D eigenvalue weighted by Gasteiger charge is 2.47. The summed E-state index contributed by atoms with van der Waals surface area (Å²) in [6.45, 7) is 1.57. The number of hydrogen-bond acceptors (Lipinski definition) is 4. The highest BCUT2D eigenvalue weighted by atomic mass is 16.2. The topological polar surface area (TPSA) is 79.4 Å². The lowest BCUT2D eigenvalue weighted by atomic mass is 9.85. The summed E-state index contributed by atoms with van der Waals surface area (Å²) in [5.74, 6) is -1.09. The number of fused-ring (bicyclic) bond motifs is 1. The zero-order valence-electron chi connectivity index (χ0n) is 12.3. The summed E-state index contributed by atoms with van der Waals surface area (Å²) < 4.78 is 0. The van der Waals surface area contributed by atoms with Crippen molar-refractivity contribution in [3.8, 4) is 0 Å². The predicted molar refractivity (Wildman–Crippen MR) is 79.7 cm³/mol. The number of allylic oxidation sites excluding steroid dienone is 2. The zero-order chi connectivity index (χ0) is 15.7. The number of likely N-dealkylation sites (tertiary alicyclic amines) is 1. The van der Waals surface area contributed by atoms with Gasteiger partial charge in [0, 0.05) is 5.69 Å². The summed E-state index contributed by atoms with van der Waals surface area (Å²) in [6.07, 6.45) is 5.00. The third-order valence-corrected chi connectivity index (χ3v) is 4.06. The smallest absolute Gasteiger partial charge is 0.245 e. The number of carbonyl (C=O) groups is 3. The summed E-state index contributed by atoms with van der Waals surface area (Å²) in [5.41, 5.74) is 0.781. The average Bonchev–Trinajstić information content (AvgIpc) is 2.73. The van der Waals surface area contributed by atoms with Crippen LogP contribution < -0.4 is 5.32 Å². The van der Waals surface area contributed by atoms with Gasteiger partial charge in [0.2, 0.25) is 17.7 Å². The number of imide groups is 1. The van der Waals surface area contributed by atoms with E-state index >= 15 is 0 Å².